The number of carbonyl (C=O) groups is 1. The maximum Gasteiger partial charge on any atom is 0.341 e. The number of hydrogen-bond donors (Lipinski definition) is 2. The summed E-state index contributed by atoms with van der Waals surface area (Å²) >= 11 is 0. The van der Waals surface area contributed by atoms with Crippen molar-refractivity contribution in [2.75, 3.05) is 6.61 Å². The minimum Gasteiger partial charge on any atom is -0.479 e. The van der Waals surface area contributed by atoms with Gasteiger partial charge in [-0.25, -0.2) is 9.18 Å². The molecule has 0 aromatic carbocycles. The molecule has 1 fully saturated rings. The van der Waals surface area contributed by atoms with Crippen LogP contribution in [0.1, 0.15) is 13.8 Å². The van der Waals surface area contributed by atoms with Gasteiger partial charge in [0.05, 0.1) is 6.61 Å². The number of rotatable bonds is 3. The van der Waals surface area contributed by atoms with Gasteiger partial charge in [-0.1, -0.05) is 0 Å². The first-order valence-electron chi connectivity index (χ1n) is 4.20. The zero-order valence-corrected chi connectivity index (χ0v) is 7.94. The Morgan fingerprint density at radius 3 is 2.57 bits per heavy atom. The standard InChI is InChI=1S/C8H13FO5/c1-8(2)13-3-4(14-8)6(10)5(9)7(11)12/h4-6,10H,3H2,1-2H3,(H,11,12). The smallest absolute Gasteiger partial charge is 0.341 e. The van der Waals surface area contributed by atoms with Gasteiger partial charge in [0.25, 0.3) is 0 Å². The number of alkyl halides is 1. The van der Waals surface area contributed by atoms with Crippen molar-refractivity contribution in [2.24, 2.45) is 0 Å². The predicted octanol–water partition coefficient (Wildman–Crippen LogP) is -0.0785. The van der Waals surface area contributed by atoms with E-state index in [2.05, 4.69) is 0 Å². The van der Waals surface area contributed by atoms with Gasteiger partial charge in [0, 0.05) is 0 Å². The lowest BCUT2D eigenvalue weighted by Crippen LogP contribution is -2.41. The van der Waals surface area contributed by atoms with Gasteiger partial charge in [-0.2, -0.15) is 0 Å². The number of aliphatic hydroxyl groups excluding tert-OH is 1. The lowest BCUT2D eigenvalue weighted by molar-refractivity contribution is -0.166. The van der Waals surface area contributed by atoms with Crippen LogP contribution in [0.5, 0.6) is 0 Å². The molecule has 3 unspecified atom stereocenters. The Bertz CT molecular complexity index is 230. The van der Waals surface area contributed by atoms with Crippen LogP contribution in [0.25, 0.3) is 0 Å². The minimum absolute atomic E-state index is 0.0120. The van der Waals surface area contributed by atoms with Crippen molar-refractivity contribution in [3.05, 3.63) is 0 Å². The fourth-order valence-corrected chi connectivity index (χ4v) is 1.22. The Hall–Kier alpha value is -0.720. The molecule has 0 bridgehead atoms. The van der Waals surface area contributed by atoms with Crippen LogP contribution < -0.4 is 0 Å². The number of aliphatic carboxylic acids is 1. The molecule has 0 spiro atoms. The molecule has 14 heavy (non-hydrogen) atoms. The monoisotopic (exact) mass is 208 g/mol. The number of hydrogen-bond acceptors (Lipinski definition) is 4. The van der Waals surface area contributed by atoms with Gasteiger partial charge < -0.3 is 19.7 Å². The van der Waals surface area contributed by atoms with E-state index in [4.69, 9.17) is 14.6 Å². The van der Waals surface area contributed by atoms with Crippen LogP contribution in [0.3, 0.4) is 0 Å². The van der Waals surface area contributed by atoms with Gasteiger partial charge in [-0.3, -0.25) is 0 Å². The van der Waals surface area contributed by atoms with Crippen LogP contribution in [0.2, 0.25) is 0 Å². The number of ether oxygens (including phenoxy) is 2. The molecule has 1 rings (SSSR count). The summed E-state index contributed by atoms with van der Waals surface area (Å²) in [4.78, 5) is 10.2. The molecule has 0 saturated carbocycles. The van der Waals surface area contributed by atoms with Gasteiger partial charge in [0.1, 0.15) is 12.2 Å². The molecule has 6 heteroatoms. The number of aliphatic hydroxyl groups is 1. The summed E-state index contributed by atoms with van der Waals surface area (Å²) in [6.07, 6.45) is -4.98. The molecule has 1 saturated heterocycles. The van der Waals surface area contributed by atoms with Crippen molar-refractivity contribution in [3.8, 4) is 0 Å². The Labute approximate surface area is 80.4 Å². The Morgan fingerprint density at radius 2 is 2.21 bits per heavy atom. The van der Waals surface area contributed by atoms with E-state index in [9.17, 15) is 14.3 Å². The molecular weight excluding hydrogens is 195 g/mol. The molecule has 5 nitrogen and oxygen atoms in total. The van der Waals surface area contributed by atoms with Crippen molar-refractivity contribution >= 4 is 5.97 Å². The third kappa shape index (κ3) is 2.40. The highest BCUT2D eigenvalue weighted by Crippen LogP contribution is 2.25. The predicted molar refractivity (Wildman–Crippen MR) is 43.4 cm³/mol. The summed E-state index contributed by atoms with van der Waals surface area (Å²) in [5, 5.41) is 17.6. The first-order chi connectivity index (χ1) is 6.33. The van der Waals surface area contributed by atoms with Crippen molar-refractivity contribution in [2.45, 2.75) is 38.0 Å². The summed E-state index contributed by atoms with van der Waals surface area (Å²) in [6, 6.07) is 0. The van der Waals surface area contributed by atoms with E-state index in [0.717, 1.165) is 0 Å². The van der Waals surface area contributed by atoms with E-state index >= 15 is 0 Å². The zero-order valence-electron chi connectivity index (χ0n) is 7.94. The van der Waals surface area contributed by atoms with E-state index in [1.807, 2.05) is 0 Å². The van der Waals surface area contributed by atoms with Crippen molar-refractivity contribution in [3.63, 3.8) is 0 Å². The van der Waals surface area contributed by atoms with Gasteiger partial charge in [0.15, 0.2) is 5.79 Å². The summed E-state index contributed by atoms with van der Waals surface area (Å²) < 4.78 is 23.0. The van der Waals surface area contributed by atoms with E-state index in [1.54, 1.807) is 13.8 Å². The van der Waals surface area contributed by atoms with Crippen LogP contribution >= 0.6 is 0 Å². The summed E-state index contributed by atoms with van der Waals surface area (Å²) in [7, 11) is 0. The molecule has 3 atom stereocenters. The molecule has 0 aromatic rings. The zero-order chi connectivity index (χ0) is 10.9. The van der Waals surface area contributed by atoms with E-state index < -0.39 is 30.1 Å². The van der Waals surface area contributed by atoms with Crippen LogP contribution in [0.4, 0.5) is 4.39 Å². The van der Waals surface area contributed by atoms with Gasteiger partial charge in [-0.15, -0.1) is 0 Å². The quantitative estimate of drug-likeness (QED) is 0.678. The second-order valence-electron chi connectivity index (χ2n) is 3.60. The normalized spacial score (nSPS) is 29.9. The fraction of sp³-hybridized carbons (Fsp3) is 0.875. The molecule has 2 N–H and O–H groups in total. The minimum atomic E-state index is -2.35. The molecule has 0 radical (unpaired) electrons. The molecule has 82 valence electrons. The Kier molecular flexibility index (Phi) is 3.08. The van der Waals surface area contributed by atoms with Crippen LogP contribution in [-0.2, 0) is 14.3 Å². The van der Waals surface area contributed by atoms with E-state index in [0.29, 0.717) is 0 Å². The van der Waals surface area contributed by atoms with Gasteiger partial charge in [-0.05, 0) is 13.8 Å². The Morgan fingerprint density at radius 1 is 1.64 bits per heavy atom. The summed E-state index contributed by atoms with van der Waals surface area (Å²) in [5.74, 6) is -2.60. The molecule has 1 heterocycles. The third-order valence-corrected chi connectivity index (χ3v) is 1.95. The molecule has 1 aliphatic rings. The largest absolute Gasteiger partial charge is 0.479 e. The average molecular weight is 208 g/mol. The van der Waals surface area contributed by atoms with E-state index in [-0.39, 0.29) is 6.61 Å². The highest BCUT2D eigenvalue weighted by atomic mass is 19.1. The lowest BCUT2D eigenvalue weighted by atomic mass is 10.1. The first kappa shape index (κ1) is 11.4. The second kappa shape index (κ2) is 3.80. The SMILES string of the molecule is CC1(C)OCC(C(O)C(F)C(=O)O)O1. The van der Waals surface area contributed by atoms with E-state index in [1.165, 1.54) is 0 Å². The lowest BCUT2D eigenvalue weighted by Gasteiger charge is -2.20. The van der Waals surface area contributed by atoms with Gasteiger partial charge in [0.2, 0.25) is 6.17 Å². The van der Waals surface area contributed by atoms with Crippen LogP contribution in [0, 0.1) is 0 Å². The fourth-order valence-electron chi connectivity index (χ4n) is 1.22. The third-order valence-electron chi connectivity index (χ3n) is 1.95. The topological polar surface area (TPSA) is 76.0 Å². The first-order valence-corrected chi connectivity index (χ1v) is 4.20. The molecule has 0 aromatic heterocycles. The van der Waals surface area contributed by atoms with Crippen LogP contribution in [0.15, 0.2) is 0 Å². The van der Waals surface area contributed by atoms with Gasteiger partial charge >= 0.3 is 5.97 Å². The van der Waals surface area contributed by atoms with Crippen LogP contribution in [-0.4, -0.2) is 47.0 Å². The van der Waals surface area contributed by atoms with Crippen molar-refractivity contribution in [1.29, 1.82) is 0 Å². The maximum atomic E-state index is 12.8. The highest BCUT2D eigenvalue weighted by Gasteiger charge is 2.42. The van der Waals surface area contributed by atoms with Crippen molar-refractivity contribution < 1.29 is 28.9 Å². The maximum absolute atomic E-state index is 12.8. The molecule has 1 aliphatic heterocycles. The number of carboxylic acids is 1. The van der Waals surface area contributed by atoms with Crippen molar-refractivity contribution in [1.82, 2.24) is 0 Å². The Balaban J connectivity index is 2.55. The second-order valence-corrected chi connectivity index (χ2v) is 3.60. The number of halogens is 1. The molecule has 0 aliphatic carbocycles. The number of carboxylic acid groups (broad SMARTS) is 1. The summed E-state index contributed by atoms with van der Waals surface area (Å²) in [5.41, 5.74) is 0. The average Bonchev–Trinajstić information content (AvgIpc) is 2.43. The molecular formula is C8H13FO5. The summed E-state index contributed by atoms with van der Waals surface area (Å²) in [6.45, 7) is 3.20. The highest BCUT2D eigenvalue weighted by molar-refractivity contribution is 5.72. The molecule has 0 amide bonds.